The minimum atomic E-state index is -3.55. The molecular weight excluding hydrogens is 304 g/mol. The van der Waals surface area contributed by atoms with E-state index in [0.717, 1.165) is 19.5 Å². The number of carboxylic acids is 1. The zero-order valence-corrected chi connectivity index (χ0v) is 13.7. The fourth-order valence-corrected chi connectivity index (χ4v) is 4.38. The third kappa shape index (κ3) is 3.31. The first-order valence-electron chi connectivity index (χ1n) is 7.47. The van der Waals surface area contributed by atoms with Gasteiger partial charge in [0.25, 0.3) is 0 Å². The maximum atomic E-state index is 12.6. The Morgan fingerprint density at radius 3 is 2.36 bits per heavy atom. The van der Waals surface area contributed by atoms with E-state index in [9.17, 15) is 13.2 Å². The zero-order valence-electron chi connectivity index (χ0n) is 12.9. The number of hydrogen-bond donors (Lipinski definition) is 1. The van der Waals surface area contributed by atoms with Crippen LogP contribution in [0.4, 0.5) is 0 Å². The van der Waals surface area contributed by atoms with Crippen LogP contribution in [0.25, 0.3) is 0 Å². The Hall–Kier alpha value is -1.44. The smallest absolute Gasteiger partial charge is 0.335 e. The molecule has 1 aliphatic heterocycles. The van der Waals surface area contributed by atoms with E-state index in [0.29, 0.717) is 13.1 Å². The van der Waals surface area contributed by atoms with Gasteiger partial charge in [-0.1, -0.05) is 13.8 Å². The van der Waals surface area contributed by atoms with Crippen molar-refractivity contribution in [1.29, 1.82) is 0 Å². The molecule has 1 fully saturated rings. The Bertz CT molecular complexity index is 623. The number of likely N-dealkylation sites (N-methyl/N-ethyl adjacent to an activating group) is 1. The molecule has 1 N–H and O–H groups in total. The SMILES string of the molecule is CCN(CC)[C@H]1CCN(S(=O)(=O)c2ccc(C(=O)O)cc2)C1. The second kappa shape index (κ2) is 6.76. The first kappa shape index (κ1) is 16.9. The molecule has 2 rings (SSSR count). The quantitative estimate of drug-likeness (QED) is 0.857. The maximum Gasteiger partial charge on any atom is 0.335 e. The number of hydrogen-bond acceptors (Lipinski definition) is 4. The van der Waals surface area contributed by atoms with Gasteiger partial charge in [0.05, 0.1) is 10.5 Å². The van der Waals surface area contributed by atoms with Crippen LogP contribution < -0.4 is 0 Å². The lowest BCUT2D eigenvalue weighted by atomic mass is 10.2. The Labute approximate surface area is 131 Å². The predicted octanol–water partition coefficient (Wildman–Crippen LogP) is 1.49. The Balaban J connectivity index is 2.16. The van der Waals surface area contributed by atoms with Crippen molar-refractivity contribution in [2.75, 3.05) is 26.2 Å². The molecule has 0 unspecified atom stereocenters. The van der Waals surface area contributed by atoms with Crippen LogP contribution >= 0.6 is 0 Å². The lowest BCUT2D eigenvalue weighted by Crippen LogP contribution is -2.38. The summed E-state index contributed by atoms with van der Waals surface area (Å²) in [5.41, 5.74) is 0.0846. The average molecular weight is 326 g/mol. The minimum Gasteiger partial charge on any atom is -0.478 e. The highest BCUT2D eigenvalue weighted by atomic mass is 32.2. The van der Waals surface area contributed by atoms with Gasteiger partial charge < -0.3 is 5.11 Å². The molecular formula is C15H22N2O4S. The summed E-state index contributed by atoms with van der Waals surface area (Å²) >= 11 is 0. The Kier molecular flexibility index (Phi) is 5.20. The summed E-state index contributed by atoms with van der Waals surface area (Å²) in [5, 5.41) is 8.87. The van der Waals surface area contributed by atoms with Gasteiger partial charge in [0.2, 0.25) is 10.0 Å². The highest BCUT2D eigenvalue weighted by Gasteiger charge is 2.34. The van der Waals surface area contributed by atoms with E-state index in [1.54, 1.807) is 0 Å². The van der Waals surface area contributed by atoms with E-state index in [1.807, 2.05) is 0 Å². The van der Waals surface area contributed by atoms with Crippen molar-refractivity contribution in [3.8, 4) is 0 Å². The van der Waals surface area contributed by atoms with E-state index in [1.165, 1.54) is 28.6 Å². The molecule has 1 atom stereocenters. The van der Waals surface area contributed by atoms with Gasteiger partial charge in [-0.3, -0.25) is 4.90 Å². The lowest BCUT2D eigenvalue weighted by Gasteiger charge is -2.26. The van der Waals surface area contributed by atoms with Crippen molar-refractivity contribution in [2.45, 2.75) is 31.2 Å². The number of nitrogens with zero attached hydrogens (tertiary/aromatic N) is 2. The largest absolute Gasteiger partial charge is 0.478 e. The van der Waals surface area contributed by atoms with Crippen LogP contribution in [0.2, 0.25) is 0 Å². The third-order valence-corrected chi connectivity index (χ3v) is 6.07. The van der Waals surface area contributed by atoms with Crippen molar-refractivity contribution in [3.05, 3.63) is 29.8 Å². The summed E-state index contributed by atoms with van der Waals surface area (Å²) < 4.78 is 26.7. The Morgan fingerprint density at radius 1 is 1.27 bits per heavy atom. The molecule has 0 aromatic heterocycles. The second-order valence-corrected chi connectivity index (χ2v) is 7.29. The van der Waals surface area contributed by atoms with Gasteiger partial charge in [0.1, 0.15) is 0 Å². The molecule has 0 radical (unpaired) electrons. The summed E-state index contributed by atoms with van der Waals surface area (Å²) in [6.07, 6.45) is 0.827. The number of benzene rings is 1. The summed E-state index contributed by atoms with van der Waals surface area (Å²) in [4.78, 5) is 13.3. The number of carboxylic acid groups (broad SMARTS) is 1. The maximum absolute atomic E-state index is 12.6. The topological polar surface area (TPSA) is 77.9 Å². The van der Waals surface area contributed by atoms with E-state index in [2.05, 4.69) is 18.7 Å². The normalized spacial score (nSPS) is 19.7. The number of rotatable bonds is 6. The van der Waals surface area contributed by atoms with Crippen LogP contribution in [0.5, 0.6) is 0 Å². The van der Waals surface area contributed by atoms with Crippen LogP contribution in [0, 0.1) is 0 Å². The monoisotopic (exact) mass is 326 g/mol. The summed E-state index contributed by atoms with van der Waals surface area (Å²) in [6.45, 7) is 6.95. The van der Waals surface area contributed by atoms with Gasteiger partial charge in [-0.05, 0) is 43.8 Å². The van der Waals surface area contributed by atoms with Crippen LogP contribution in [0.1, 0.15) is 30.6 Å². The molecule has 1 heterocycles. The molecule has 1 aromatic rings. The van der Waals surface area contributed by atoms with Crippen LogP contribution in [0.15, 0.2) is 29.2 Å². The molecule has 1 aromatic carbocycles. The standard InChI is InChI=1S/C15H22N2O4S/c1-3-16(4-2)13-9-10-17(11-13)22(20,21)14-7-5-12(6-8-14)15(18)19/h5-8,13H,3-4,9-11H2,1-2H3,(H,18,19)/t13-/m0/s1. The van der Waals surface area contributed by atoms with E-state index >= 15 is 0 Å². The average Bonchev–Trinajstić information content (AvgIpc) is 2.99. The van der Waals surface area contributed by atoms with Crippen molar-refractivity contribution in [2.24, 2.45) is 0 Å². The van der Waals surface area contributed by atoms with Crippen molar-refractivity contribution < 1.29 is 18.3 Å². The highest BCUT2D eigenvalue weighted by Crippen LogP contribution is 2.23. The number of aromatic carboxylic acids is 1. The van der Waals surface area contributed by atoms with Gasteiger partial charge in [-0.2, -0.15) is 4.31 Å². The van der Waals surface area contributed by atoms with E-state index in [4.69, 9.17) is 5.11 Å². The second-order valence-electron chi connectivity index (χ2n) is 5.36. The fraction of sp³-hybridized carbons (Fsp3) is 0.533. The van der Waals surface area contributed by atoms with Crippen LogP contribution in [-0.4, -0.2) is 60.9 Å². The van der Waals surface area contributed by atoms with Crippen LogP contribution in [-0.2, 0) is 10.0 Å². The first-order chi connectivity index (χ1) is 10.4. The van der Waals surface area contributed by atoms with Crippen molar-refractivity contribution >= 4 is 16.0 Å². The lowest BCUT2D eigenvalue weighted by molar-refractivity contribution is 0.0696. The predicted molar refractivity (Wildman–Crippen MR) is 83.5 cm³/mol. The molecule has 0 spiro atoms. The zero-order chi connectivity index (χ0) is 16.3. The minimum absolute atomic E-state index is 0.0846. The molecule has 22 heavy (non-hydrogen) atoms. The molecule has 1 saturated heterocycles. The molecule has 0 saturated carbocycles. The summed E-state index contributed by atoms with van der Waals surface area (Å²) in [6, 6.07) is 5.64. The molecule has 0 bridgehead atoms. The fourth-order valence-electron chi connectivity index (χ4n) is 2.89. The molecule has 0 aliphatic carbocycles. The molecule has 0 amide bonds. The van der Waals surface area contributed by atoms with Crippen molar-refractivity contribution in [1.82, 2.24) is 9.21 Å². The summed E-state index contributed by atoms with van der Waals surface area (Å²) in [5.74, 6) is -1.06. The van der Waals surface area contributed by atoms with Gasteiger partial charge in [-0.15, -0.1) is 0 Å². The number of sulfonamides is 1. The van der Waals surface area contributed by atoms with Crippen molar-refractivity contribution in [3.63, 3.8) is 0 Å². The van der Waals surface area contributed by atoms with E-state index in [-0.39, 0.29) is 16.5 Å². The molecule has 7 heteroatoms. The number of carbonyl (C=O) groups is 1. The van der Waals surface area contributed by atoms with Gasteiger partial charge in [-0.25, -0.2) is 13.2 Å². The molecule has 122 valence electrons. The van der Waals surface area contributed by atoms with Gasteiger partial charge in [0, 0.05) is 19.1 Å². The highest BCUT2D eigenvalue weighted by molar-refractivity contribution is 7.89. The third-order valence-electron chi connectivity index (χ3n) is 4.19. The van der Waals surface area contributed by atoms with E-state index < -0.39 is 16.0 Å². The van der Waals surface area contributed by atoms with Crippen LogP contribution in [0.3, 0.4) is 0 Å². The van der Waals surface area contributed by atoms with Gasteiger partial charge >= 0.3 is 5.97 Å². The summed E-state index contributed by atoms with van der Waals surface area (Å²) in [7, 11) is -3.55. The molecule has 6 nitrogen and oxygen atoms in total. The first-order valence-corrected chi connectivity index (χ1v) is 8.91. The van der Waals surface area contributed by atoms with Gasteiger partial charge in [0.15, 0.2) is 0 Å². The molecule has 1 aliphatic rings. The Morgan fingerprint density at radius 2 is 1.86 bits per heavy atom.